The lowest BCUT2D eigenvalue weighted by atomic mass is 10.3. The van der Waals surface area contributed by atoms with Crippen LogP contribution in [-0.2, 0) is 0 Å². The Morgan fingerprint density at radius 3 is 3.00 bits per heavy atom. The van der Waals surface area contributed by atoms with Gasteiger partial charge in [-0.3, -0.25) is 9.36 Å². The van der Waals surface area contributed by atoms with Crippen LogP contribution in [0.4, 0.5) is 5.69 Å². The molecule has 5 nitrogen and oxygen atoms in total. The molecule has 13 heavy (non-hydrogen) atoms. The van der Waals surface area contributed by atoms with Gasteiger partial charge in [-0.05, 0) is 6.92 Å². The lowest BCUT2D eigenvalue weighted by molar-refractivity contribution is 0.634. The zero-order valence-corrected chi connectivity index (χ0v) is 7.62. The highest BCUT2D eigenvalue weighted by Crippen LogP contribution is 2.10. The fourth-order valence-electron chi connectivity index (χ4n) is 0.800. The van der Waals surface area contributed by atoms with E-state index >= 15 is 0 Å². The topological polar surface area (TPSA) is 84.7 Å². The first-order chi connectivity index (χ1) is 6.07. The van der Waals surface area contributed by atoms with E-state index in [1.807, 2.05) is 6.07 Å². The lowest BCUT2D eigenvalue weighted by Crippen LogP contribution is -2.25. The minimum Gasteiger partial charge on any atom is -0.392 e. The number of nitrogens with zero attached hydrogens (tertiary/aromatic N) is 3. The Morgan fingerprint density at radius 2 is 2.46 bits per heavy atom. The number of rotatable bonds is 1. The first-order valence-corrected chi connectivity index (χ1v) is 3.87. The maximum absolute atomic E-state index is 11.4. The average Bonchev–Trinajstić information content (AvgIpc) is 2.13. The number of nitriles is 1. The second kappa shape index (κ2) is 3.46. The maximum Gasteiger partial charge on any atom is 0.279 e. The van der Waals surface area contributed by atoms with E-state index in [0.717, 1.165) is 4.57 Å². The molecule has 1 aromatic rings. The van der Waals surface area contributed by atoms with Crippen LogP contribution in [0.5, 0.6) is 0 Å². The largest absolute Gasteiger partial charge is 0.392 e. The van der Waals surface area contributed by atoms with Gasteiger partial charge in [-0.25, -0.2) is 4.98 Å². The van der Waals surface area contributed by atoms with Gasteiger partial charge in [0, 0.05) is 0 Å². The van der Waals surface area contributed by atoms with Gasteiger partial charge < -0.3 is 5.73 Å². The highest BCUT2D eigenvalue weighted by molar-refractivity contribution is 6.31. The summed E-state index contributed by atoms with van der Waals surface area (Å²) in [6.45, 7) is 1.57. The quantitative estimate of drug-likeness (QED) is 0.669. The van der Waals surface area contributed by atoms with E-state index in [0.29, 0.717) is 0 Å². The molecule has 0 radical (unpaired) electrons. The first kappa shape index (κ1) is 9.55. The highest BCUT2D eigenvalue weighted by atomic mass is 35.5. The summed E-state index contributed by atoms with van der Waals surface area (Å²) < 4.78 is 1.13. The van der Waals surface area contributed by atoms with Crippen LogP contribution in [0.3, 0.4) is 0 Å². The van der Waals surface area contributed by atoms with E-state index in [1.165, 1.54) is 6.33 Å². The number of nitrogens with two attached hydrogens (primary N) is 1. The molecule has 1 atom stereocenters. The molecule has 1 aromatic heterocycles. The SMILES string of the molecule is CC(C#N)n1cnc(Cl)c(N)c1=O. The van der Waals surface area contributed by atoms with Crippen molar-refractivity contribution in [1.82, 2.24) is 9.55 Å². The van der Waals surface area contributed by atoms with Crippen molar-refractivity contribution < 1.29 is 0 Å². The molecule has 2 N–H and O–H groups in total. The van der Waals surface area contributed by atoms with Crippen molar-refractivity contribution in [2.24, 2.45) is 0 Å². The zero-order chi connectivity index (χ0) is 10.0. The number of hydrogen-bond acceptors (Lipinski definition) is 4. The summed E-state index contributed by atoms with van der Waals surface area (Å²) in [6.07, 6.45) is 1.20. The van der Waals surface area contributed by atoms with E-state index < -0.39 is 11.6 Å². The van der Waals surface area contributed by atoms with Crippen molar-refractivity contribution in [2.45, 2.75) is 13.0 Å². The van der Waals surface area contributed by atoms with Gasteiger partial charge in [0.1, 0.15) is 18.1 Å². The standard InChI is InChI=1S/C7H7ClN4O/c1-4(2-9)12-3-11-6(8)5(10)7(12)13/h3-4H,10H2,1H3. The first-order valence-electron chi connectivity index (χ1n) is 3.49. The number of hydrogen-bond donors (Lipinski definition) is 1. The fraction of sp³-hybridized carbons (Fsp3) is 0.286. The van der Waals surface area contributed by atoms with Gasteiger partial charge in [-0.15, -0.1) is 0 Å². The summed E-state index contributed by atoms with van der Waals surface area (Å²) in [6, 6.07) is 1.30. The molecule has 1 unspecified atom stereocenters. The van der Waals surface area contributed by atoms with Gasteiger partial charge in [-0.1, -0.05) is 11.6 Å². The van der Waals surface area contributed by atoms with Crippen LogP contribution in [0.15, 0.2) is 11.1 Å². The predicted molar refractivity (Wildman–Crippen MR) is 48.2 cm³/mol. The van der Waals surface area contributed by atoms with E-state index in [2.05, 4.69) is 4.98 Å². The van der Waals surface area contributed by atoms with Gasteiger partial charge in [0.25, 0.3) is 5.56 Å². The van der Waals surface area contributed by atoms with Gasteiger partial charge in [-0.2, -0.15) is 5.26 Å². The Labute approximate surface area is 79.4 Å². The Kier molecular flexibility index (Phi) is 2.54. The van der Waals surface area contributed by atoms with Gasteiger partial charge in [0.15, 0.2) is 5.15 Å². The van der Waals surface area contributed by atoms with E-state index in [9.17, 15) is 4.79 Å². The van der Waals surface area contributed by atoms with Gasteiger partial charge in [0.2, 0.25) is 0 Å². The minimum absolute atomic E-state index is 0.0358. The van der Waals surface area contributed by atoms with E-state index in [1.54, 1.807) is 6.92 Å². The Hall–Kier alpha value is -1.54. The highest BCUT2D eigenvalue weighted by Gasteiger charge is 2.10. The smallest absolute Gasteiger partial charge is 0.279 e. The van der Waals surface area contributed by atoms with Crippen molar-refractivity contribution in [1.29, 1.82) is 5.26 Å². The lowest BCUT2D eigenvalue weighted by Gasteiger charge is -2.07. The minimum atomic E-state index is -0.598. The monoisotopic (exact) mass is 198 g/mol. The number of halogens is 1. The summed E-state index contributed by atoms with van der Waals surface area (Å²) >= 11 is 5.50. The molecule has 0 aliphatic heterocycles. The normalized spacial score (nSPS) is 12.1. The maximum atomic E-state index is 11.4. The Balaban J connectivity index is 3.37. The molecule has 0 aliphatic carbocycles. The van der Waals surface area contributed by atoms with E-state index in [-0.39, 0.29) is 10.8 Å². The molecule has 0 aliphatic rings. The molecule has 1 heterocycles. The molecule has 68 valence electrons. The van der Waals surface area contributed by atoms with Crippen molar-refractivity contribution in [2.75, 3.05) is 5.73 Å². The summed E-state index contributed by atoms with van der Waals surface area (Å²) in [5, 5.41) is 8.53. The summed E-state index contributed by atoms with van der Waals surface area (Å²) in [4.78, 5) is 15.0. The Morgan fingerprint density at radius 1 is 1.85 bits per heavy atom. The van der Waals surface area contributed by atoms with Gasteiger partial charge in [0.05, 0.1) is 6.07 Å². The number of nitrogen functional groups attached to an aromatic ring is 1. The molecule has 0 amide bonds. The molecule has 0 bridgehead atoms. The van der Waals surface area contributed by atoms with Crippen LogP contribution in [0.25, 0.3) is 0 Å². The molecule has 0 saturated carbocycles. The van der Waals surface area contributed by atoms with Crippen LogP contribution in [0.1, 0.15) is 13.0 Å². The van der Waals surface area contributed by atoms with Crippen molar-refractivity contribution >= 4 is 17.3 Å². The van der Waals surface area contributed by atoms with Crippen LogP contribution >= 0.6 is 11.6 Å². The summed E-state index contributed by atoms with van der Waals surface area (Å²) in [5.41, 5.74) is 4.71. The second-order valence-electron chi connectivity index (χ2n) is 2.47. The average molecular weight is 199 g/mol. The molecular weight excluding hydrogens is 192 g/mol. The summed E-state index contributed by atoms with van der Waals surface area (Å²) in [5.74, 6) is 0. The third kappa shape index (κ3) is 1.63. The van der Waals surface area contributed by atoms with Gasteiger partial charge >= 0.3 is 0 Å². The van der Waals surface area contributed by atoms with Crippen LogP contribution in [-0.4, -0.2) is 9.55 Å². The third-order valence-corrected chi connectivity index (χ3v) is 1.89. The second-order valence-corrected chi connectivity index (χ2v) is 2.82. The fourth-order valence-corrected chi connectivity index (χ4v) is 0.925. The van der Waals surface area contributed by atoms with E-state index in [4.69, 9.17) is 22.6 Å². The molecule has 1 rings (SSSR count). The Bertz CT molecular complexity index is 419. The molecule has 0 saturated heterocycles. The number of aromatic nitrogens is 2. The van der Waals surface area contributed by atoms with Crippen molar-refractivity contribution in [3.05, 3.63) is 21.8 Å². The van der Waals surface area contributed by atoms with Crippen LogP contribution in [0.2, 0.25) is 5.15 Å². The molecule has 0 aromatic carbocycles. The van der Waals surface area contributed by atoms with Crippen molar-refractivity contribution in [3.8, 4) is 6.07 Å². The predicted octanol–water partition coefficient (Wildman–Crippen LogP) is 0.563. The summed E-state index contributed by atoms with van der Waals surface area (Å²) in [7, 11) is 0. The van der Waals surface area contributed by atoms with Crippen molar-refractivity contribution in [3.63, 3.8) is 0 Å². The third-order valence-electron chi connectivity index (χ3n) is 1.59. The zero-order valence-electron chi connectivity index (χ0n) is 6.86. The molecular formula is C7H7ClN4O. The van der Waals surface area contributed by atoms with Crippen LogP contribution in [0, 0.1) is 11.3 Å². The van der Waals surface area contributed by atoms with Crippen LogP contribution < -0.4 is 11.3 Å². The molecule has 0 spiro atoms. The molecule has 0 fully saturated rings. The number of anilines is 1. The molecule has 6 heteroatoms.